The molecule has 0 saturated heterocycles. The molecule has 0 aliphatic heterocycles. The minimum atomic E-state index is -0.265. The number of benzene rings is 2. The van der Waals surface area contributed by atoms with Gasteiger partial charge in [-0.25, -0.2) is 9.37 Å². The summed E-state index contributed by atoms with van der Waals surface area (Å²) in [6.07, 6.45) is 3.64. The summed E-state index contributed by atoms with van der Waals surface area (Å²) >= 11 is 0. The van der Waals surface area contributed by atoms with E-state index in [1.165, 1.54) is 16.7 Å². The summed E-state index contributed by atoms with van der Waals surface area (Å²) in [5.41, 5.74) is 5.91. The maximum atomic E-state index is 14.1. The summed E-state index contributed by atoms with van der Waals surface area (Å²) in [6.45, 7) is 2.28. The molecule has 0 radical (unpaired) electrons. The lowest BCUT2D eigenvalue weighted by atomic mass is 10.0. The fraction of sp³-hybridized carbons (Fsp3) is 0.148. The van der Waals surface area contributed by atoms with Crippen LogP contribution in [0, 0.1) is 12.7 Å². The van der Waals surface area contributed by atoms with Crippen molar-refractivity contribution in [1.82, 2.24) is 19.3 Å². The van der Waals surface area contributed by atoms with Gasteiger partial charge in [-0.05, 0) is 42.3 Å². The van der Waals surface area contributed by atoms with Gasteiger partial charge in [0.15, 0.2) is 0 Å². The van der Waals surface area contributed by atoms with Gasteiger partial charge in [0, 0.05) is 49.1 Å². The van der Waals surface area contributed by atoms with Crippen molar-refractivity contribution >= 4 is 10.9 Å². The van der Waals surface area contributed by atoms with Crippen molar-refractivity contribution in [1.29, 1.82) is 0 Å². The molecule has 5 rings (SSSR count). The predicted molar refractivity (Wildman–Crippen MR) is 130 cm³/mol. The third-order valence-electron chi connectivity index (χ3n) is 5.79. The van der Waals surface area contributed by atoms with E-state index < -0.39 is 0 Å². The van der Waals surface area contributed by atoms with E-state index in [0.717, 1.165) is 33.5 Å². The smallest absolute Gasteiger partial charge is 0.250 e. The normalized spacial score (nSPS) is 11.2. The Bertz CT molecular complexity index is 1570. The Balaban J connectivity index is 1.37. The van der Waals surface area contributed by atoms with Gasteiger partial charge in [-0.2, -0.15) is 0 Å². The Labute approximate surface area is 195 Å². The van der Waals surface area contributed by atoms with Crippen LogP contribution in [0.25, 0.3) is 33.3 Å². The number of ether oxygens (including phenoxy) is 1. The second kappa shape index (κ2) is 8.59. The molecule has 6 nitrogen and oxygen atoms in total. The summed E-state index contributed by atoms with van der Waals surface area (Å²) in [5.74, 6) is 0.234. The Hall–Kier alpha value is -4.26. The zero-order valence-electron chi connectivity index (χ0n) is 19.1. The number of hydrogen-bond acceptors (Lipinski definition) is 4. The number of fused-ring (bicyclic) bond motifs is 1. The Morgan fingerprint density at radius 1 is 0.971 bits per heavy atom. The van der Waals surface area contributed by atoms with Gasteiger partial charge in [-0.3, -0.25) is 9.48 Å². The predicted octanol–water partition coefficient (Wildman–Crippen LogP) is 5.03. The topological polar surface area (TPSA) is 61.9 Å². The van der Waals surface area contributed by atoms with Gasteiger partial charge in [0.05, 0.1) is 16.8 Å². The molecule has 0 amide bonds. The molecule has 0 aliphatic carbocycles. The first-order valence-corrected chi connectivity index (χ1v) is 10.9. The lowest BCUT2D eigenvalue weighted by Crippen LogP contribution is -2.13. The summed E-state index contributed by atoms with van der Waals surface area (Å²) in [7, 11) is 3.55. The van der Waals surface area contributed by atoms with Crippen LogP contribution in [0.1, 0.15) is 11.1 Å². The van der Waals surface area contributed by atoms with Crippen molar-refractivity contribution in [3.8, 4) is 28.3 Å². The van der Waals surface area contributed by atoms with Gasteiger partial charge in [-0.1, -0.05) is 30.3 Å². The third-order valence-corrected chi connectivity index (χ3v) is 5.79. The Morgan fingerprint density at radius 2 is 1.74 bits per heavy atom. The fourth-order valence-electron chi connectivity index (χ4n) is 3.99. The number of pyridine rings is 2. The highest BCUT2D eigenvalue weighted by Gasteiger charge is 2.13. The van der Waals surface area contributed by atoms with Crippen LogP contribution in [0.15, 0.2) is 77.9 Å². The molecular weight excluding hydrogens is 431 g/mol. The molecule has 0 fully saturated rings. The summed E-state index contributed by atoms with van der Waals surface area (Å²) < 4.78 is 23.3. The van der Waals surface area contributed by atoms with E-state index in [2.05, 4.69) is 10.1 Å². The van der Waals surface area contributed by atoms with Gasteiger partial charge in [0.25, 0.3) is 0 Å². The van der Waals surface area contributed by atoms with Crippen molar-refractivity contribution in [2.45, 2.75) is 13.5 Å². The van der Waals surface area contributed by atoms with Gasteiger partial charge in [-0.15, -0.1) is 5.10 Å². The fourth-order valence-corrected chi connectivity index (χ4v) is 3.99. The molecule has 34 heavy (non-hydrogen) atoms. The highest BCUT2D eigenvalue weighted by molar-refractivity contribution is 5.83. The van der Waals surface area contributed by atoms with Crippen LogP contribution in [0.5, 0.6) is 5.88 Å². The van der Waals surface area contributed by atoms with Crippen molar-refractivity contribution in [2.24, 2.45) is 14.1 Å². The molecule has 0 spiro atoms. The average Bonchev–Trinajstić information content (AvgIpc) is 3.20. The average molecular weight is 455 g/mol. The largest absolute Gasteiger partial charge is 0.471 e. The van der Waals surface area contributed by atoms with Crippen LogP contribution in [-0.2, 0) is 20.7 Å². The molecular formula is C27H23FN4O2. The molecule has 5 aromatic rings. The van der Waals surface area contributed by atoms with Crippen LogP contribution in [0.4, 0.5) is 4.39 Å². The number of aryl methyl sites for hydroxylation is 3. The number of halogens is 1. The summed E-state index contributed by atoms with van der Waals surface area (Å²) in [5, 5.41) is 4.96. The van der Waals surface area contributed by atoms with Crippen molar-refractivity contribution < 1.29 is 9.13 Å². The lowest BCUT2D eigenvalue weighted by molar-refractivity contribution is 0.292. The van der Waals surface area contributed by atoms with E-state index in [9.17, 15) is 9.18 Å². The van der Waals surface area contributed by atoms with Crippen molar-refractivity contribution in [3.63, 3.8) is 0 Å². The number of hydrogen-bond donors (Lipinski definition) is 0. The minimum absolute atomic E-state index is 0.0727. The maximum absolute atomic E-state index is 14.1. The van der Waals surface area contributed by atoms with Gasteiger partial charge >= 0.3 is 0 Å². The van der Waals surface area contributed by atoms with E-state index in [1.54, 1.807) is 30.1 Å². The van der Waals surface area contributed by atoms with E-state index in [4.69, 9.17) is 4.74 Å². The minimum Gasteiger partial charge on any atom is -0.471 e. The standard InChI is InChI=1S/C27H23FN4O2/c1-17-13-21-23(28)5-4-6-24(21)29-26(17)19-9-7-18(8-10-19)16-34-27-22(15-32(3)30-27)20-11-12-25(33)31(2)14-20/h4-15H,16H2,1-3H3. The Morgan fingerprint density at radius 3 is 2.50 bits per heavy atom. The van der Waals surface area contributed by atoms with E-state index >= 15 is 0 Å². The molecule has 7 heteroatoms. The van der Waals surface area contributed by atoms with Crippen LogP contribution < -0.4 is 10.3 Å². The molecule has 0 N–H and O–H groups in total. The van der Waals surface area contributed by atoms with Crippen molar-refractivity contribution in [2.75, 3.05) is 0 Å². The molecule has 0 atom stereocenters. The van der Waals surface area contributed by atoms with Gasteiger partial charge in [0.1, 0.15) is 12.4 Å². The Kier molecular flexibility index (Phi) is 5.45. The van der Waals surface area contributed by atoms with Crippen LogP contribution in [0.2, 0.25) is 0 Å². The molecule has 2 aromatic carbocycles. The SMILES string of the molecule is Cc1cc2c(F)cccc2nc1-c1ccc(COc2nn(C)cc2-c2ccc(=O)n(C)c2)cc1. The van der Waals surface area contributed by atoms with E-state index in [-0.39, 0.29) is 11.4 Å². The second-order valence-corrected chi connectivity index (χ2v) is 8.33. The summed E-state index contributed by atoms with van der Waals surface area (Å²) in [6, 6.07) is 18.0. The highest BCUT2D eigenvalue weighted by atomic mass is 19.1. The van der Waals surface area contributed by atoms with Gasteiger partial charge < -0.3 is 9.30 Å². The lowest BCUT2D eigenvalue weighted by Gasteiger charge is -2.10. The quantitative estimate of drug-likeness (QED) is 0.374. The number of rotatable bonds is 5. The summed E-state index contributed by atoms with van der Waals surface area (Å²) in [4.78, 5) is 16.4. The van der Waals surface area contributed by atoms with Crippen LogP contribution in [0.3, 0.4) is 0 Å². The number of nitrogens with zero attached hydrogens (tertiary/aromatic N) is 4. The first-order valence-electron chi connectivity index (χ1n) is 10.9. The number of aromatic nitrogens is 4. The molecule has 0 saturated carbocycles. The molecule has 0 aliphatic rings. The molecule has 170 valence electrons. The monoisotopic (exact) mass is 454 g/mol. The maximum Gasteiger partial charge on any atom is 0.250 e. The van der Waals surface area contributed by atoms with Crippen LogP contribution in [-0.4, -0.2) is 19.3 Å². The van der Waals surface area contributed by atoms with Crippen molar-refractivity contribution in [3.05, 3.63) is 100 Å². The third kappa shape index (κ3) is 4.08. The first kappa shape index (κ1) is 21.6. The zero-order valence-corrected chi connectivity index (χ0v) is 19.1. The van der Waals surface area contributed by atoms with Crippen LogP contribution >= 0.6 is 0 Å². The molecule has 0 bridgehead atoms. The molecule has 3 aromatic heterocycles. The zero-order chi connectivity index (χ0) is 23.8. The van der Waals surface area contributed by atoms with Gasteiger partial charge in [0.2, 0.25) is 11.4 Å². The molecule has 3 heterocycles. The second-order valence-electron chi connectivity index (χ2n) is 8.33. The molecule has 0 unspecified atom stereocenters. The first-order chi connectivity index (χ1) is 16.4. The van der Waals surface area contributed by atoms with E-state index in [0.29, 0.717) is 23.4 Å². The highest BCUT2D eigenvalue weighted by Crippen LogP contribution is 2.29. The van der Waals surface area contributed by atoms with E-state index in [1.807, 2.05) is 56.6 Å².